The van der Waals surface area contributed by atoms with Gasteiger partial charge in [0.2, 0.25) is 0 Å². The molecular formula is C21H20FN7OS. The number of allylic oxidation sites excluding steroid dienone is 1. The van der Waals surface area contributed by atoms with E-state index in [-0.39, 0.29) is 17.6 Å². The minimum Gasteiger partial charge on any atom is -0.483 e. The molecule has 0 aliphatic heterocycles. The Balaban J connectivity index is 1.53. The SMILES string of the molecule is C=CCn1c(COc2ccccc2F)nnc1SC(C)c1nnnn1-c1ccccc1. The third-order valence-electron chi connectivity index (χ3n) is 4.44. The number of tetrazole rings is 1. The van der Waals surface area contributed by atoms with E-state index in [0.29, 0.717) is 23.4 Å². The monoisotopic (exact) mass is 437 g/mol. The summed E-state index contributed by atoms with van der Waals surface area (Å²) >= 11 is 1.47. The molecule has 4 aromatic rings. The summed E-state index contributed by atoms with van der Waals surface area (Å²) in [5, 5.41) is 21.2. The largest absolute Gasteiger partial charge is 0.483 e. The van der Waals surface area contributed by atoms with Crippen molar-refractivity contribution in [3.8, 4) is 11.4 Å². The van der Waals surface area contributed by atoms with Crippen LogP contribution in [0.2, 0.25) is 0 Å². The second-order valence-corrected chi connectivity index (χ2v) is 7.87. The molecule has 0 radical (unpaired) electrons. The highest BCUT2D eigenvalue weighted by Crippen LogP contribution is 2.33. The lowest BCUT2D eigenvalue weighted by molar-refractivity contribution is 0.275. The summed E-state index contributed by atoms with van der Waals surface area (Å²) in [5.41, 5.74) is 0.876. The Morgan fingerprint density at radius 3 is 2.65 bits per heavy atom. The highest BCUT2D eigenvalue weighted by atomic mass is 32.2. The average Bonchev–Trinajstić information content (AvgIpc) is 3.42. The van der Waals surface area contributed by atoms with Crippen LogP contribution in [0.25, 0.3) is 5.69 Å². The predicted octanol–water partition coefficient (Wildman–Crippen LogP) is 4.01. The standard InChI is InChI=1S/C21H20FN7OS/c1-3-13-28-19(14-30-18-12-8-7-11-17(18)22)23-25-21(28)31-15(2)20-24-26-27-29(20)16-9-5-4-6-10-16/h3-12,15H,1,13-14H2,2H3. The fourth-order valence-corrected chi connectivity index (χ4v) is 3.90. The van der Waals surface area contributed by atoms with Crippen LogP contribution in [0, 0.1) is 5.82 Å². The normalized spacial score (nSPS) is 11.9. The minimum absolute atomic E-state index is 0.0818. The van der Waals surface area contributed by atoms with Gasteiger partial charge < -0.3 is 4.74 Å². The van der Waals surface area contributed by atoms with E-state index in [2.05, 4.69) is 32.3 Å². The number of rotatable bonds is 9. The van der Waals surface area contributed by atoms with E-state index in [1.165, 1.54) is 17.8 Å². The maximum Gasteiger partial charge on any atom is 0.192 e. The van der Waals surface area contributed by atoms with Gasteiger partial charge in [-0.3, -0.25) is 4.57 Å². The van der Waals surface area contributed by atoms with Gasteiger partial charge in [-0.2, -0.15) is 4.68 Å². The zero-order chi connectivity index (χ0) is 21.6. The zero-order valence-electron chi connectivity index (χ0n) is 16.8. The smallest absolute Gasteiger partial charge is 0.192 e. The lowest BCUT2D eigenvalue weighted by atomic mass is 10.3. The first-order chi connectivity index (χ1) is 15.2. The van der Waals surface area contributed by atoms with Crippen LogP contribution in [-0.4, -0.2) is 35.0 Å². The highest BCUT2D eigenvalue weighted by Gasteiger charge is 2.21. The number of benzene rings is 2. The van der Waals surface area contributed by atoms with Gasteiger partial charge in [-0.1, -0.05) is 48.2 Å². The van der Waals surface area contributed by atoms with E-state index in [1.54, 1.807) is 29.0 Å². The average molecular weight is 438 g/mol. The summed E-state index contributed by atoms with van der Waals surface area (Å²) in [5.74, 6) is 1.00. The van der Waals surface area contributed by atoms with E-state index in [9.17, 15) is 4.39 Å². The summed E-state index contributed by atoms with van der Waals surface area (Å²) in [4.78, 5) is 0. The number of hydrogen-bond donors (Lipinski definition) is 0. The van der Waals surface area contributed by atoms with Gasteiger partial charge in [0.15, 0.2) is 28.4 Å². The Hall–Kier alpha value is -3.53. The van der Waals surface area contributed by atoms with Crippen molar-refractivity contribution in [1.82, 2.24) is 35.0 Å². The number of nitrogens with zero attached hydrogens (tertiary/aromatic N) is 7. The maximum absolute atomic E-state index is 13.8. The summed E-state index contributed by atoms with van der Waals surface area (Å²) < 4.78 is 23.0. The molecule has 1 atom stereocenters. The molecule has 0 N–H and O–H groups in total. The molecule has 0 fully saturated rings. The van der Waals surface area contributed by atoms with E-state index in [0.717, 1.165) is 5.69 Å². The molecule has 0 aliphatic rings. The molecule has 158 valence electrons. The van der Waals surface area contributed by atoms with Crippen LogP contribution in [-0.2, 0) is 13.2 Å². The molecule has 0 saturated heterocycles. The predicted molar refractivity (Wildman–Crippen MR) is 114 cm³/mol. The molecule has 2 aromatic heterocycles. The molecule has 10 heteroatoms. The minimum atomic E-state index is -0.423. The van der Waals surface area contributed by atoms with Gasteiger partial charge in [-0.15, -0.1) is 21.9 Å². The van der Waals surface area contributed by atoms with Gasteiger partial charge in [0.05, 0.1) is 10.9 Å². The van der Waals surface area contributed by atoms with Gasteiger partial charge >= 0.3 is 0 Å². The van der Waals surface area contributed by atoms with Crippen molar-refractivity contribution in [2.45, 2.75) is 30.5 Å². The molecule has 0 amide bonds. The third kappa shape index (κ3) is 4.64. The molecule has 0 spiro atoms. The number of aromatic nitrogens is 7. The van der Waals surface area contributed by atoms with Crippen LogP contribution in [0.3, 0.4) is 0 Å². The van der Waals surface area contributed by atoms with E-state index >= 15 is 0 Å². The first-order valence-electron chi connectivity index (χ1n) is 9.58. The van der Waals surface area contributed by atoms with Crippen molar-refractivity contribution in [3.63, 3.8) is 0 Å². The molecule has 0 aliphatic carbocycles. The fourth-order valence-electron chi connectivity index (χ4n) is 2.94. The summed E-state index contributed by atoms with van der Waals surface area (Å²) in [6.07, 6.45) is 1.75. The second kappa shape index (κ2) is 9.52. The van der Waals surface area contributed by atoms with Crippen molar-refractivity contribution < 1.29 is 9.13 Å². The van der Waals surface area contributed by atoms with Crippen molar-refractivity contribution >= 4 is 11.8 Å². The molecule has 31 heavy (non-hydrogen) atoms. The number of halogens is 1. The summed E-state index contributed by atoms with van der Waals surface area (Å²) in [6, 6.07) is 15.9. The van der Waals surface area contributed by atoms with Gasteiger partial charge in [-0.05, 0) is 41.6 Å². The molecule has 2 heterocycles. The Morgan fingerprint density at radius 1 is 1.10 bits per heavy atom. The lowest BCUT2D eigenvalue weighted by Gasteiger charge is -2.13. The Kier molecular flexibility index (Phi) is 6.37. The summed E-state index contributed by atoms with van der Waals surface area (Å²) in [7, 11) is 0. The van der Waals surface area contributed by atoms with Crippen molar-refractivity contribution in [3.05, 3.63) is 84.7 Å². The van der Waals surface area contributed by atoms with Gasteiger partial charge in [0.25, 0.3) is 0 Å². The van der Waals surface area contributed by atoms with Crippen LogP contribution in [0.15, 0.2) is 72.4 Å². The molecule has 0 bridgehead atoms. The number of ether oxygens (including phenoxy) is 1. The Morgan fingerprint density at radius 2 is 1.87 bits per heavy atom. The second-order valence-electron chi connectivity index (χ2n) is 6.56. The Labute approximate surface area is 182 Å². The van der Waals surface area contributed by atoms with Crippen LogP contribution in [0.1, 0.15) is 23.8 Å². The van der Waals surface area contributed by atoms with E-state index in [1.807, 2.05) is 41.8 Å². The van der Waals surface area contributed by atoms with Crippen molar-refractivity contribution in [1.29, 1.82) is 0 Å². The zero-order valence-corrected chi connectivity index (χ0v) is 17.6. The number of para-hydroxylation sites is 2. The van der Waals surface area contributed by atoms with Crippen LogP contribution < -0.4 is 4.74 Å². The fraction of sp³-hybridized carbons (Fsp3) is 0.190. The van der Waals surface area contributed by atoms with Gasteiger partial charge in [0.1, 0.15) is 6.61 Å². The van der Waals surface area contributed by atoms with Crippen molar-refractivity contribution in [2.24, 2.45) is 0 Å². The van der Waals surface area contributed by atoms with Crippen LogP contribution >= 0.6 is 11.8 Å². The maximum atomic E-state index is 13.8. The quantitative estimate of drug-likeness (QED) is 0.289. The molecule has 8 nitrogen and oxygen atoms in total. The van der Waals surface area contributed by atoms with Crippen molar-refractivity contribution in [2.75, 3.05) is 0 Å². The summed E-state index contributed by atoms with van der Waals surface area (Å²) in [6.45, 7) is 6.38. The molecule has 2 aromatic carbocycles. The van der Waals surface area contributed by atoms with Gasteiger partial charge in [0, 0.05) is 6.54 Å². The van der Waals surface area contributed by atoms with Gasteiger partial charge in [-0.25, -0.2) is 4.39 Å². The first-order valence-corrected chi connectivity index (χ1v) is 10.5. The molecular weight excluding hydrogens is 417 g/mol. The molecule has 4 rings (SSSR count). The first kappa shape index (κ1) is 20.7. The molecule has 1 unspecified atom stereocenters. The lowest BCUT2D eigenvalue weighted by Crippen LogP contribution is -2.09. The number of hydrogen-bond acceptors (Lipinski definition) is 7. The third-order valence-corrected chi connectivity index (χ3v) is 5.52. The van der Waals surface area contributed by atoms with E-state index < -0.39 is 5.82 Å². The number of thioether (sulfide) groups is 1. The van der Waals surface area contributed by atoms with Crippen LogP contribution in [0.5, 0.6) is 5.75 Å². The molecule has 0 saturated carbocycles. The van der Waals surface area contributed by atoms with E-state index in [4.69, 9.17) is 4.74 Å². The Bertz CT molecular complexity index is 1160. The van der Waals surface area contributed by atoms with Crippen LogP contribution in [0.4, 0.5) is 4.39 Å². The highest BCUT2D eigenvalue weighted by molar-refractivity contribution is 7.99. The topological polar surface area (TPSA) is 83.5 Å².